The van der Waals surface area contributed by atoms with Gasteiger partial charge in [0.1, 0.15) is 22.9 Å². The van der Waals surface area contributed by atoms with Crippen molar-refractivity contribution in [1.29, 1.82) is 5.26 Å². The van der Waals surface area contributed by atoms with Crippen molar-refractivity contribution in [2.24, 2.45) is 5.41 Å². The van der Waals surface area contributed by atoms with Gasteiger partial charge in [0.2, 0.25) is 11.8 Å². The quantitative estimate of drug-likeness (QED) is 0.346. The van der Waals surface area contributed by atoms with Crippen LogP contribution < -0.4 is 10.6 Å². The molecule has 32 heavy (non-hydrogen) atoms. The molecule has 0 bridgehead atoms. The van der Waals surface area contributed by atoms with Crippen LogP contribution in [0.1, 0.15) is 12.6 Å². The number of aromatic nitrogens is 2. The molecule has 3 N–H and O–H groups in total. The maximum atomic E-state index is 13.0. The number of carbonyl (C=O) groups is 3. The minimum Gasteiger partial charge on any atom is -0.481 e. The monoisotopic (exact) mass is 490 g/mol. The molecule has 2 fully saturated rings. The lowest BCUT2D eigenvalue weighted by atomic mass is 9.89. The number of rotatable bonds is 6. The van der Waals surface area contributed by atoms with Crippen LogP contribution in [0, 0.1) is 16.7 Å². The highest BCUT2D eigenvalue weighted by atomic mass is 32.2. The molecule has 0 radical (unpaired) electrons. The number of hydrogen-bond donors (Lipinski definition) is 2. The number of nitrogen functional groups attached to an aromatic ring is 1. The summed E-state index contributed by atoms with van der Waals surface area (Å²) in [5, 5.41) is 21.5. The Balaban J connectivity index is 1.50. The summed E-state index contributed by atoms with van der Waals surface area (Å²) >= 11 is 3.84. The van der Waals surface area contributed by atoms with Gasteiger partial charge in [-0.25, -0.2) is 9.97 Å². The van der Waals surface area contributed by atoms with Gasteiger partial charge in [-0.15, -0.1) is 23.1 Å². The third kappa shape index (κ3) is 3.78. The number of carboxylic acids is 1. The van der Waals surface area contributed by atoms with Crippen LogP contribution in [0.25, 0.3) is 0 Å². The van der Waals surface area contributed by atoms with Gasteiger partial charge in [-0.1, -0.05) is 11.8 Å². The maximum Gasteiger partial charge on any atom is 0.313 e. The van der Waals surface area contributed by atoms with Crippen LogP contribution >= 0.6 is 34.9 Å². The Morgan fingerprint density at radius 1 is 1.53 bits per heavy atom. The summed E-state index contributed by atoms with van der Waals surface area (Å²) < 4.78 is 0. The summed E-state index contributed by atoms with van der Waals surface area (Å²) in [7, 11) is 0. The zero-order valence-electron chi connectivity index (χ0n) is 16.8. The molecule has 166 valence electrons. The van der Waals surface area contributed by atoms with E-state index >= 15 is 0 Å². The Morgan fingerprint density at radius 3 is 2.94 bits per heavy atom. The van der Waals surface area contributed by atoms with Gasteiger partial charge in [0.05, 0.1) is 16.9 Å². The second-order valence-electron chi connectivity index (χ2n) is 7.40. The summed E-state index contributed by atoms with van der Waals surface area (Å²) in [6.45, 7) is 1.45. The van der Waals surface area contributed by atoms with E-state index in [0.29, 0.717) is 5.00 Å². The molecule has 3 atom stereocenters. The number of anilines is 2. The van der Waals surface area contributed by atoms with Crippen LogP contribution in [-0.4, -0.2) is 67.2 Å². The van der Waals surface area contributed by atoms with E-state index in [2.05, 4.69) is 9.97 Å². The molecule has 0 aliphatic carbocycles. The summed E-state index contributed by atoms with van der Waals surface area (Å²) in [4.78, 5) is 48.6. The average Bonchev–Trinajstić information content (AvgIpc) is 3.30. The van der Waals surface area contributed by atoms with Gasteiger partial charge in [0.25, 0.3) is 0 Å². The van der Waals surface area contributed by atoms with Crippen LogP contribution in [0.4, 0.5) is 10.7 Å². The zero-order chi connectivity index (χ0) is 23.0. The lowest BCUT2D eigenvalue weighted by Crippen LogP contribution is -2.74. The number of hydrogen-bond acceptors (Lipinski definition) is 10. The number of thiophene rings is 1. The lowest BCUT2D eigenvalue weighted by Gasteiger charge is -2.55. The number of amides is 2. The molecule has 4 heterocycles. The second kappa shape index (κ2) is 8.61. The summed E-state index contributed by atoms with van der Waals surface area (Å²) in [5.41, 5.74) is 4.61. The number of nitrogens with zero attached hydrogens (tertiary/aromatic N) is 5. The Kier molecular flexibility index (Phi) is 6.02. The van der Waals surface area contributed by atoms with Crippen molar-refractivity contribution in [3.63, 3.8) is 0 Å². The Bertz CT molecular complexity index is 1120. The normalized spacial score (nSPS) is 24.2. The smallest absolute Gasteiger partial charge is 0.313 e. The molecule has 4 rings (SSSR count). The van der Waals surface area contributed by atoms with Crippen molar-refractivity contribution in [2.75, 3.05) is 28.7 Å². The lowest BCUT2D eigenvalue weighted by molar-refractivity contribution is -0.156. The van der Waals surface area contributed by atoms with Crippen molar-refractivity contribution in [3.8, 4) is 6.07 Å². The predicted octanol–water partition coefficient (Wildman–Crippen LogP) is 1.49. The molecule has 2 amide bonds. The van der Waals surface area contributed by atoms with Gasteiger partial charge in [0, 0.05) is 25.0 Å². The van der Waals surface area contributed by atoms with Gasteiger partial charge < -0.3 is 15.7 Å². The fraction of sp³-hybridized carbons (Fsp3) is 0.368. The molecule has 2 aromatic heterocycles. The van der Waals surface area contributed by atoms with Crippen molar-refractivity contribution in [2.45, 2.75) is 23.5 Å². The van der Waals surface area contributed by atoms with E-state index in [1.807, 2.05) is 17.5 Å². The summed E-state index contributed by atoms with van der Waals surface area (Å²) in [6.07, 6.45) is 1.32. The summed E-state index contributed by atoms with van der Waals surface area (Å²) in [6, 6.07) is 4.83. The first-order valence-electron chi connectivity index (χ1n) is 9.41. The second-order valence-corrected chi connectivity index (χ2v) is 10.4. The number of β-lactam (4-membered cyclic amide) rings is 1. The van der Waals surface area contributed by atoms with Crippen LogP contribution in [0.3, 0.4) is 0 Å². The topological polar surface area (TPSA) is 154 Å². The molecule has 2 aliphatic rings. The molecule has 2 saturated heterocycles. The van der Waals surface area contributed by atoms with E-state index in [0.717, 1.165) is 11.8 Å². The first kappa shape index (κ1) is 22.4. The Morgan fingerprint density at radius 2 is 2.31 bits per heavy atom. The minimum absolute atomic E-state index is 0.0264. The predicted molar refractivity (Wildman–Crippen MR) is 121 cm³/mol. The number of carboxylic acid groups (broad SMARTS) is 1. The van der Waals surface area contributed by atoms with E-state index < -0.39 is 17.4 Å². The fourth-order valence-corrected chi connectivity index (χ4v) is 7.15. The molecule has 2 aromatic rings. The SMILES string of the molecule is CC(=O)N(c1cccs1)C1C(=O)N2CC(CSc3ncc(N)c(C#N)n3)(C(=O)O)CS[C@H]12. The van der Waals surface area contributed by atoms with E-state index in [4.69, 9.17) is 11.0 Å². The first-order valence-corrected chi connectivity index (χ1v) is 12.3. The average molecular weight is 491 g/mol. The highest BCUT2D eigenvalue weighted by Crippen LogP contribution is 2.46. The molecule has 0 aromatic carbocycles. The number of fused-ring (bicyclic) bond motifs is 1. The van der Waals surface area contributed by atoms with Crippen molar-refractivity contribution >= 4 is 63.3 Å². The third-order valence-corrected chi connectivity index (χ3v) is 8.90. The van der Waals surface area contributed by atoms with E-state index in [-0.39, 0.29) is 51.8 Å². The third-order valence-electron chi connectivity index (χ3n) is 5.31. The molecule has 2 aliphatic heterocycles. The molecular weight excluding hydrogens is 472 g/mol. The fourth-order valence-electron chi connectivity index (χ4n) is 3.62. The highest BCUT2D eigenvalue weighted by molar-refractivity contribution is 8.00. The minimum atomic E-state index is -1.21. The van der Waals surface area contributed by atoms with Gasteiger partial charge in [0.15, 0.2) is 10.9 Å². The molecule has 2 unspecified atom stereocenters. The van der Waals surface area contributed by atoms with Crippen LogP contribution in [-0.2, 0) is 14.4 Å². The first-order chi connectivity index (χ1) is 15.3. The number of carbonyl (C=O) groups excluding carboxylic acids is 2. The largest absolute Gasteiger partial charge is 0.481 e. The molecule has 0 saturated carbocycles. The van der Waals surface area contributed by atoms with Crippen molar-refractivity contribution in [1.82, 2.24) is 14.9 Å². The van der Waals surface area contributed by atoms with Crippen LogP contribution in [0.5, 0.6) is 0 Å². The molecule has 13 heteroatoms. The Hall–Kier alpha value is -2.82. The number of aliphatic carboxylic acids is 1. The maximum absolute atomic E-state index is 13.0. The standard InChI is InChI=1S/C19H18N6O4S3/c1-10(26)25(13-3-2-4-30-13)14-15(27)24-7-19(17(28)29,8-31-16(14)24)9-32-18-22-6-11(21)12(5-20)23-18/h2-4,6,14,16H,7-9,21H2,1H3,(H,28,29)/t14?,16-,19?/m1/s1. The zero-order valence-corrected chi connectivity index (χ0v) is 19.2. The van der Waals surface area contributed by atoms with E-state index in [1.54, 1.807) is 6.07 Å². The van der Waals surface area contributed by atoms with Gasteiger partial charge in [-0.3, -0.25) is 19.3 Å². The van der Waals surface area contributed by atoms with Gasteiger partial charge in [-0.2, -0.15) is 5.26 Å². The van der Waals surface area contributed by atoms with Crippen molar-refractivity contribution in [3.05, 3.63) is 29.4 Å². The summed E-state index contributed by atoms with van der Waals surface area (Å²) in [5.74, 6) is -1.14. The molecular formula is C19H18N6O4S3. The molecule has 0 spiro atoms. The van der Waals surface area contributed by atoms with Gasteiger partial charge >= 0.3 is 5.97 Å². The van der Waals surface area contributed by atoms with Crippen LogP contribution in [0.15, 0.2) is 28.9 Å². The number of nitriles is 1. The number of nitrogens with two attached hydrogens (primary N) is 1. The van der Waals surface area contributed by atoms with Gasteiger partial charge in [-0.05, 0) is 17.5 Å². The Labute approximate surface area is 195 Å². The van der Waals surface area contributed by atoms with E-state index in [1.165, 1.54) is 46.0 Å². The number of thioether (sulfide) groups is 2. The van der Waals surface area contributed by atoms with Crippen LogP contribution in [0.2, 0.25) is 0 Å². The highest BCUT2D eigenvalue weighted by Gasteiger charge is 2.59. The van der Waals surface area contributed by atoms with E-state index in [9.17, 15) is 19.5 Å². The van der Waals surface area contributed by atoms with Crippen molar-refractivity contribution < 1.29 is 19.5 Å². The molecule has 10 nitrogen and oxygen atoms in total.